The van der Waals surface area contributed by atoms with E-state index in [1.807, 2.05) is 6.07 Å². The maximum Gasteiger partial charge on any atom is 0.306 e. The third-order valence-corrected chi connectivity index (χ3v) is 4.99. The Morgan fingerprint density at radius 1 is 1.14 bits per heavy atom. The highest BCUT2D eigenvalue weighted by Crippen LogP contribution is 2.31. The lowest BCUT2D eigenvalue weighted by Crippen LogP contribution is -2.40. The van der Waals surface area contributed by atoms with Gasteiger partial charge in [0.05, 0.1) is 5.92 Å². The number of amides is 1. The van der Waals surface area contributed by atoms with E-state index in [9.17, 15) is 9.59 Å². The van der Waals surface area contributed by atoms with Gasteiger partial charge in [-0.2, -0.15) is 5.10 Å². The first-order valence-electron chi connectivity index (χ1n) is 8.22. The van der Waals surface area contributed by atoms with Gasteiger partial charge in [0.15, 0.2) is 0 Å². The van der Waals surface area contributed by atoms with Crippen molar-refractivity contribution in [1.82, 2.24) is 15.1 Å². The zero-order chi connectivity index (χ0) is 15.5. The average molecular weight is 305 g/mol. The third kappa shape index (κ3) is 3.15. The molecule has 1 amide bonds. The molecule has 0 bridgehead atoms. The van der Waals surface area contributed by atoms with Gasteiger partial charge in [0.2, 0.25) is 0 Å². The molecule has 1 aliphatic heterocycles. The molecule has 2 fully saturated rings. The molecule has 1 saturated carbocycles. The van der Waals surface area contributed by atoms with Crippen molar-refractivity contribution in [2.75, 3.05) is 13.1 Å². The Morgan fingerprint density at radius 2 is 1.82 bits per heavy atom. The van der Waals surface area contributed by atoms with Gasteiger partial charge in [0, 0.05) is 24.7 Å². The first-order chi connectivity index (χ1) is 10.6. The monoisotopic (exact) mass is 305 g/mol. The van der Waals surface area contributed by atoms with Crippen LogP contribution >= 0.6 is 0 Å². The van der Waals surface area contributed by atoms with Crippen molar-refractivity contribution < 1.29 is 14.7 Å². The molecule has 2 heterocycles. The first-order valence-corrected chi connectivity index (χ1v) is 8.22. The Bertz CT molecular complexity index is 541. The second-order valence-electron chi connectivity index (χ2n) is 6.45. The van der Waals surface area contributed by atoms with E-state index in [2.05, 4.69) is 10.2 Å². The fourth-order valence-electron chi connectivity index (χ4n) is 3.56. The van der Waals surface area contributed by atoms with E-state index >= 15 is 0 Å². The highest BCUT2D eigenvalue weighted by Gasteiger charge is 2.29. The van der Waals surface area contributed by atoms with Gasteiger partial charge in [-0.15, -0.1) is 0 Å². The Hall–Kier alpha value is -1.85. The first kappa shape index (κ1) is 15.1. The fraction of sp³-hybridized carbons (Fsp3) is 0.688. The summed E-state index contributed by atoms with van der Waals surface area (Å²) in [5.41, 5.74) is 1.54. The van der Waals surface area contributed by atoms with Crippen molar-refractivity contribution in [3.8, 4) is 0 Å². The molecule has 22 heavy (non-hydrogen) atoms. The van der Waals surface area contributed by atoms with Crippen molar-refractivity contribution in [1.29, 1.82) is 0 Å². The largest absolute Gasteiger partial charge is 0.481 e. The normalized spacial score (nSPS) is 21.0. The molecule has 0 aromatic carbocycles. The molecule has 1 saturated heterocycles. The summed E-state index contributed by atoms with van der Waals surface area (Å²) in [6.07, 6.45) is 7.18. The van der Waals surface area contributed by atoms with E-state index in [1.165, 1.54) is 32.1 Å². The van der Waals surface area contributed by atoms with Crippen LogP contribution in [0.4, 0.5) is 0 Å². The molecule has 0 spiro atoms. The van der Waals surface area contributed by atoms with Gasteiger partial charge in [-0.25, -0.2) is 0 Å². The molecule has 1 aromatic heterocycles. The summed E-state index contributed by atoms with van der Waals surface area (Å²) in [5.74, 6) is -0.657. The summed E-state index contributed by atoms with van der Waals surface area (Å²) in [6.45, 7) is 1.00. The number of aromatic amines is 1. The van der Waals surface area contributed by atoms with Crippen LogP contribution in [0.2, 0.25) is 0 Å². The molecule has 1 aliphatic carbocycles. The maximum absolute atomic E-state index is 12.5. The molecule has 0 unspecified atom stereocenters. The maximum atomic E-state index is 12.5. The summed E-state index contributed by atoms with van der Waals surface area (Å²) in [7, 11) is 0. The second-order valence-corrected chi connectivity index (χ2v) is 6.45. The van der Waals surface area contributed by atoms with Crippen LogP contribution in [0, 0.1) is 5.92 Å². The van der Waals surface area contributed by atoms with Gasteiger partial charge in [-0.1, -0.05) is 19.3 Å². The van der Waals surface area contributed by atoms with Crippen LogP contribution in [0.1, 0.15) is 67.0 Å². The molecule has 6 heteroatoms. The molecule has 2 N–H and O–H groups in total. The van der Waals surface area contributed by atoms with Crippen LogP contribution in [0.3, 0.4) is 0 Å². The zero-order valence-corrected chi connectivity index (χ0v) is 12.8. The summed E-state index contributed by atoms with van der Waals surface area (Å²) in [4.78, 5) is 25.1. The summed E-state index contributed by atoms with van der Waals surface area (Å²) >= 11 is 0. The quantitative estimate of drug-likeness (QED) is 0.897. The fourth-order valence-corrected chi connectivity index (χ4v) is 3.56. The van der Waals surface area contributed by atoms with Crippen LogP contribution in [0.15, 0.2) is 6.07 Å². The molecule has 2 aliphatic rings. The van der Waals surface area contributed by atoms with Crippen LogP contribution in [0.5, 0.6) is 0 Å². The van der Waals surface area contributed by atoms with E-state index in [-0.39, 0.29) is 11.8 Å². The number of aromatic nitrogens is 2. The Labute approximate surface area is 129 Å². The Balaban J connectivity index is 1.61. The molecule has 0 radical (unpaired) electrons. The molecular weight excluding hydrogens is 282 g/mol. The number of H-pyrrole nitrogens is 1. The van der Waals surface area contributed by atoms with E-state index in [0.29, 0.717) is 37.5 Å². The summed E-state index contributed by atoms with van der Waals surface area (Å²) in [5, 5.41) is 16.2. The minimum absolute atomic E-state index is 0.0813. The number of carboxylic acid groups (broad SMARTS) is 1. The standard InChI is InChI=1S/C16H23N3O3/c20-15(19-8-6-12(7-9-19)16(21)22)14-10-13(17-18-14)11-4-2-1-3-5-11/h10-12H,1-9H2,(H,17,18)(H,21,22). The number of hydrogen-bond acceptors (Lipinski definition) is 3. The molecule has 120 valence electrons. The van der Waals surface area contributed by atoms with Gasteiger partial charge in [-0.3, -0.25) is 14.7 Å². The van der Waals surface area contributed by atoms with Crippen LogP contribution in [-0.4, -0.2) is 45.2 Å². The van der Waals surface area contributed by atoms with Crippen molar-refractivity contribution >= 4 is 11.9 Å². The number of nitrogens with one attached hydrogen (secondary N) is 1. The lowest BCUT2D eigenvalue weighted by atomic mass is 9.87. The van der Waals surface area contributed by atoms with Gasteiger partial charge in [0.25, 0.3) is 5.91 Å². The van der Waals surface area contributed by atoms with E-state index in [1.54, 1.807) is 4.90 Å². The van der Waals surface area contributed by atoms with Gasteiger partial charge >= 0.3 is 5.97 Å². The average Bonchev–Trinajstić information content (AvgIpc) is 3.05. The highest BCUT2D eigenvalue weighted by atomic mass is 16.4. The number of aliphatic carboxylic acids is 1. The predicted molar refractivity (Wildman–Crippen MR) is 80.7 cm³/mol. The number of piperidine rings is 1. The van der Waals surface area contributed by atoms with E-state index in [4.69, 9.17) is 5.11 Å². The Morgan fingerprint density at radius 3 is 2.45 bits per heavy atom. The van der Waals surface area contributed by atoms with Crippen LogP contribution < -0.4 is 0 Å². The smallest absolute Gasteiger partial charge is 0.306 e. The minimum atomic E-state index is -0.758. The van der Waals surface area contributed by atoms with Crippen LogP contribution in [0.25, 0.3) is 0 Å². The number of nitrogens with zero attached hydrogens (tertiary/aromatic N) is 2. The van der Waals surface area contributed by atoms with Gasteiger partial charge < -0.3 is 10.0 Å². The molecule has 6 nitrogen and oxygen atoms in total. The molecule has 3 rings (SSSR count). The summed E-state index contributed by atoms with van der Waals surface area (Å²) in [6, 6.07) is 1.89. The topological polar surface area (TPSA) is 86.3 Å². The highest BCUT2D eigenvalue weighted by molar-refractivity contribution is 5.92. The number of carbonyl (C=O) groups excluding carboxylic acids is 1. The van der Waals surface area contributed by atoms with E-state index in [0.717, 1.165) is 5.69 Å². The minimum Gasteiger partial charge on any atom is -0.481 e. The second kappa shape index (κ2) is 6.50. The van der Waals surface area contributed by atoms with Gasteiger partial charge in [0.1, 0.15) is 5.69 Å². The number of carbonyl (C=O) groups is 2. The van der Waals surface area contributed by atoms with Gasteiger partial charge in [-0.05, 0) is 31.7 Å². The SMILES string of the molecule is O=C(O)C1CCN(C(=O)c2cc(C3CCCCC3)[nH]n2)CC1. The molecule has 1 aromatic rings. The van der Waals surface area contributed by atoms with Crippen molar-refractivity contribution in [3.05, 3.63) is 17.5 Å². The summed E-state index contributed by atoms with van der Waals surface area (Å²) < 4.78 is 0. The van der Waals surface area contributed by atoms with Crippen molar-refractivity contribution in [3.63, 3.8) is 0 Å². The number of rotatable bonds is 3. The molecular formula is C16H23N3O3. The van der Waals surface area contributed by atoms with Crippen molar-refractivity contribution in [2.24, 2.45) is 5.92 Å². The Kier molecular flexibility index (Phi) is 4.45. The molecule has 0 atom stereocenters. The van der Waals surface area contributed by atoms with E-state index < -0.39 is 5.97 Å². The lowest BCUT2D eigenvalue weighted by Gasteiger charge is -2.29. The number of hydrogen-bond donors (Lipinski definition) is 2. The number of carboxylic acids is 1. The number of likely N-dealkylation sites (tertiary alicyclic amines) is 1. The lowest BCUT2D eigenvalue weighted by molar-refractivity contribution is -0.143. The van der Waals surface area contributed by atoms with Crippen molar-refractivity contribution in [2.45, 2.75) is 50.9 Å². The van der Waals surface area contributed by atoms with Crippen LogP contribution in [-0.2, 0) is 4.79 Å². The zero-order valence-electron chi connectivity index (χ0n) is 12.8. The predicted octanol–water partition coefficient (Wildman–Crippen LogP) is 2.39. The third-order valence-electron chi connectivity index (χ3n) is 4.99.